The Kier molecular flexibility index (Phi) is 7.67. The molecule has 0 heterocycles. The molecule has 2 unspecified atom stereocenters. The van der Waals surface area contributed by atoms with Gasteiger partial charge in [0.1, 0.15) is 0 Å². The zero-order chi connectivity index (χ0) is 15.8. The molecule has 0 aromatic rings. The van der Waals surface area contributed by atoms with E-state index in [0.29, 0.717) is 31.0 Å². The van der Waals surface area contributed by atoms with Crippen LogP contribution in [0.1, 0.15) is 39.5 Å². The van der Waals surface area contributed by atoms with Crippen molar-refractivity contribution in [2.45, 2.75) is 45.6 Å². The molecule has 0 aliphatic heterocycles. The second-order valence-electron chi connectivity index (χ2n) is 6.41. The number of carbonyl (C=O) groups is 2. The summed E-state index contributed by atoms with van der Waals surface area (Å²) in [5.41, 5.74) is 5.82. The molecule has 0 spiro atoms. The molecule has 122 valence electrons. The van der Waals surface area contributed by atoms with Crippen molar-refractivity contribution in [3.8, 4) is 0 Å². The number of urea groups is 1. The van der Waals surface area contributed by atoms with Crippen LogP contribution in [0.25, 0.3) is 0 Å². The number of carbonyl (C=O) groups excluding carboxylic acids is 2. The average molecular weight is 298 g/mol. The molecule has 6 heteroatoms. The van der Waals surface area contributed by atoms with Crippen LogP contribution in [0.3, 0.4) is 0 Å². The number of nitrogens with zero attached hydrogens (tertiary/aromatic N) is 1. The fourth-order valence-corrected chi connectivity index (χ4v) is 2.89. The summed E-state index contributed by atoms with van der Waals surface area (Å²) in [4.78, 5) is 25.5. The number of rotatable bonds is 6. The van der Waals surface area contributed by atoms with Gasteiger partial charge < -0.3 is 11.1 Å². The van der Waals surface area contributed by atoms with Gasteiger partial charge in [0.05, 0.1) is 6.54 Å². The summed E-state index contributed by atoms with van der Waals surface area (Å²) < 4.78 is 0. The molecule has 0 saturated heterocycles. The molecule has 1 fully saturated rings. The van der Waals surface area contributed by atoms with Crippen molar-refractivity contribution in [3.05, 3.63) is 0 Å². The topological polar surface area (TPSA) is 87.5 Å². The number of nitrogens with one attached hydrogen (secondary N) is 2. The minimum absolute atomic E-state index is 0.232. The second kappa shape index (κ2) is 9.00. The standard InChI is InChI=1S/C15H30N4O2/c1-11(2)9-17-15(21)18-14(20)10-19(3)13-7-5-4-6-12(13)8-16/h11-13H,4-10,16H2,1-3H3,(H2,17,18,20,21). The summed E-state index contributed by atoms with van der Waals surface area (Å²) in [6, 6.07) is -0.0747. The lowest BCUT2D eigenvalue weighted by Gasteiger charge is -2.37. The highest BCUT2D eigenvalue weighted by molar-refractivity contribution is 5.95. The van der Waals surface area contributed by atoms with E-state index in [0.717, 1.165) is 12.8 Å². The van der Waals surface area contributed by atoms with Gasteiger partial charge in [-0.2, -0.15) is 0 Å². The van der Waals surface area contributed by atoms with E-state index in [2.05, 4.69) is 10.6 Å². The van der Waals surface area contributed by atoms with E-state index in [1.165, 1.54) is 12.8 Å². The normalized spacial score (nSPS) is 22.4. The highest BCUT2D eigenvalue weighted by Crippen LogP contribution is 2.26. The van der Waals surface area contributed by atoms with Crippen molar-refractivity contribution >= 4 is 11.9 Å². The fourth-order valence-electron chi connectivity index (χ4n) is 2.89. The number of nitrogens with two attached hydrogens (primary N) is 1. The van der Waals surface area contributed by atoms with Crippen LogP contribution in [0, 0.1) is 11.8 Å². The van der Waals surface area contributed by atoms with E-state index < -0.39 is 6.03 Å². The van der Waals surface area contributed by atoms with Crippen molar-refractivity contribution in [1.29, 1.82) is 0 Å². The lowest BCUT2D eigenvalue weighted by Crippen LogP contribution is -2.49. The molecular weight excluding hydrogens is 268 g/mol. The molecule has 3 amide bonds. The van der Waals surface area contributed by atoms with E-state index >= 15 is 0 Å². The number of hydrogen-bond acceptors (Lipinski definition) is 4. The Morgan fingerprint density at radius 1 is 1.29 bits per heavy atom. The summed E-state index contributed by atoms with van der Waals surface area (Å²) in [6.07, 6.45) is 4.60. The van der Waals surface area contributed by atoms with Gasteiger partial charge in [0.25, 0.3) is 0 Å². The van der Waals surface area contributed by atoms with Gasteiger partial charge in [-0.25, -0.2) is 4.79 Å². The molecule has 21 heavy (non-hydrogen) atoms. The maximum atomic E-state index is 11.9. The van der Waals surface area contributed by atoms with Gasteiger partial charge in [-0.3, -0.25) is 15.0 Å². The van der Waals surface area contributed by atoms with Crippen molar-refractivity contribution in [2.24, 2.45) is 17.6 Å². The molecule has 1 aliphatic carbocycles. The predicted octanol–water partition coefficient (Wildman–Crippen LogP) is 0.918. The predicted molar refractivity (Wildman–Crippen MR) is 83.8 cm³/mol. The highest BCUT2D eigenvalue weighted by atomic mass is 16.2. The minimum Gasteiger partial charge on any atom is -0.338 e. The summed E-state index contributed by atoms with van der Waals surface area (Å²) in [7, 11) is 1.93. The highest BCUT2D eigenvalue weighted by Gasteiger charge is 2.28. The minimum atomic E-state index is -0.416. The van der Waals surface area contributed by atoms with Crippen LogP contribution in [-0.2, 0) is 4.79 Å². The quantitative estimate of drug-likeness (QED) is 0.680. The lowest BCUT2D eigenvalue weighted by atomic mass is 9.84. The van der Waals surface area contributed by atoms with E-state index in [-0.39, 0.29) is 12.5 Å². The van der Waals surface area contributed by atoms with Crippen LogP contribution in [0.2, 0.25) is 0 Å². The zero-order valence-electron chi connectivity index (χ0n) is 13.5. The van der Waals surface area contributed by atoms with Gasteiger partial charge in [0.2, 0.25) is 5.91 Å². The van der Waals surface area contributed by atoms with Crippen LogP contribution in [0.5, 0.6) is 0 Å². The van der Waals surface area contributed by atoms with Gasteiger partial charge in [-0.05, 0) is 38.3 Å². The maximum Gasteiger partial charge on any atom is 0.321 e. The van der Waals surface area contributed by atoms with Crippen LogP contribution in [0.15, 0.2) is 0 Å². The number of imide groups is 1. The van der Waals surface area contributed by atoms with Gasteiger partial charge in [-0.1, -0.05) is 26.7 Å². The molecule has 0 aromatic heterocycles. The van der Waals surface area contributed by atoms with Crippen LogP contribution >= 0.6 is 0 Å². The molecule has 1 saturated carbocycles. The third-order valence-electron chi connectivity index (χ3n) is 4.05. The molecule has 0 radical (unpaired) electrons. The number of likely N-dealkylation sites (N-methyl/N-ethyl adjacent to an activating group) is 1. The van der Waals surface area contributed by atoms with Crippen molar-refractivity contribution in [3.63, 3.8) is 0 Å². The van der Waals surface area contributed by atoms with Crippen LogP contribution in [0.4, 0.5) is 4.79 Å². The third kappa shape index (κ3) is 6.44. The Labute approximate surface area is 127 Å². The first-order valence-corrected chi connectivity index (χ1v) is 7.92. The Morgan fingerprint density at radius 3 is 2.57 bits per heavy atom. The van der Waals surface area contributed by atoms with Crippen LogP contribution < -0.4 is 16.4 Å². The maximum absolute atomic E-state index is 11.9. The number of amides is 3. The number of hydrogen-bond donors (Lipinski definition) is 3. The van der Waals surface area contributed by atoms with E-state index in [9.17, 15) is 9.59 Å². The lowest BCUT2D eigenvalue weighted by molar-refractivity contribution is -0.121. The van der Waals surface area contributed by atoms with E-state index in [1.807, 2.05) is 25.8 Å². The monoisotopic (exact) mass is 298 g/mol. The Hall–Kier alpha value is -1.14. The third-order valence-corrected chi connectivity index (χ3v) is 4.05. The molecule has 6 nitrogen and oxygen atoms in total. The average Bonchev–Trinajstić information content (AvgIpc) is 2.44. The molecule has 1 rings (SSSR count). The summed E-state index contributed by atoms with van der Waals surface area (Å²) >= 11 is 0. The second-order valence-corrected chi connectivity index (χ2v) is 6.41. The van der Waals surface area contributed by atoms with Crippen LogP contribution in [-0.4, -0.2) is 49.6 Å². The first-order valence-electron chi connectivity index (χ1n) is 7.92. The molecule has 1 aliphatic rings. The van der Waals surface area contributed by atoms with E-state index in [4.69, 9.17) is 5.73 Å². The van der Waals surface area contributed by atoms with Crippen molar-refractivity contribution in [1.82, 2.24) is 15.5 Å². The first-order chi connectivity index (χ1) is 9.93. The van der Waals surface area contributed by atoms with E-state index in [1.54, 1.807) is 0 Å². The van der Waals surface area contributed by atoms with Gasteiger partial charge in [0.15, 0.2) is 0 Å². The fraction of sp³-hybridized carbons (Fsp3) is 0.867. The largest absolute Gasteiger partial charge is 0.338 e. The summed E-state index contributed by atoms with van der Waals surface area (Å²) in [6.45, 7) is 5.46. The smallest absolute Gasteiger partial charge is 0.321 e. The van der Waals surface area contributed by atoms with Gasteiger partial charge >= 0.3 is 6.03 Å². The Balaban J connectivity index is 2.37. The van der Waals surface area contributed by atoms with Gasteiger partial charge in [0, 0.05) is 12.6 Å². The first kappa shape index (κ1) is 17.9. The summed E-state index contributed by atoms with van der Waals surface area (Å²) in [5.74, 6) is 0.549. The molecule has 0 aromatic carbocycles. The zero-order valence-corrected chi connectivity index (χ0v) is 13.5. The Morgan fingerprint density at radius 2 is 1.95 bits per heavy atom. The van der Waals surface area contributed by atoms with Crippen molar-refractivity contribution < 1.29 is 9.59 Å². The van der Waals surface area contributed by atoms with Gasteiger partial charge in [-0.15, -0.1) is 0 Å². The van der Waals surface area contributed by atoms with Crippen molar-refractivity contribution in [2.75, 3.05) is 26.7 Å². The Bertz CT molecular complexity index is 347. The molecule has 4 N–H and O–H groups in total. The summed E-state index contributed by atoms with van der Waals surface area (Å²) in [5, 5.41) is 5.05. The molecular formula is C15H30N4O2. The SMILES string of the molecule is CC(C)CNC(=O)NC(=O)CN(C)C1CCCCC1CN. The molecule has 2 atom stereocenters. The molecule has 0 bridgehead atoms.